The van der Waals surface area contributed by atoms with Crippen molar-refractivity contribution in [1.29, 1.82) is 0 Å². The van der Waals surface area contributed by atoms with Gasteiger partial charge in [-0.25, -0.2) is 0 Å². The van der Waals surface area contributed by atoms with Crippen LogP contribution in [-0.2, 0) is 16.1 Å². The largest absolute Gasteiger partial charge is 0.481 e. The van der Waals surface area contributed by atoms with Crippen LogP contribution in [0.5, 0.6) is 0 Å². The Kier molecular flexibility index (Phi) is 5.59. The molecule has 0 aromatic heterocycles. The fourth-order valence-electron chi connectivity index (χ4n) is 3.65. The standard InChI is InChI=1S/C18H27NO3/c1-18(2)15(9-16(18)14(10-19)8-17(20)21)12-22-11-13-6-4-3-5-7-13/h3-7,14-16H,8-12,19H2,1-2H3,(H,20,21)/t14-,15+,16-/m1/s1. The van der Waals surface area contributed by atoms with Gasteiger partial charge in [-0.1, -0.05) is 44.2 Å². The molecule has 22 heavy (non-hydrogen) atoms. The van der Waals surface area contributed by atoms with Crippen molar-refractivity contribution in [2.75, 3.05) is 13.2 Å². The van der Waals surface area contributed by atoms with Crippen LogP contribution in [0.3, 0.4) is 0 Å². The Balaban J connectivity index is 1.81. The summed E-state index contributed by atoms with van der Waals surface area (Å²) in [4.78, 5) is 11.0. The Morgan fingerprint density at radius 3 is 2.64 bits per heavy atom. The molecule has 0 saturated heterocycles. The first-order chi connectivity index (χ1) is 10.4. The molecule has 0 amide bonds. The Labute approximate surface area is 132 Å². The third-order valence-corrected chi connectivity index (χ3v) is 5.29. The zero-order chi connectivity index (χ0) is 16.2. The summed E-state index contributed by atoms with van der Waals surface area (Å²) in [5.41, 5.74) is 7.06. The van der Waals surface area contributed by atoms with Gasteiger partial charge in [-0.2, -0.15) is 0 Å². The van der Waals surface area contributed by atoms with E-state index in [2.05, 4.69) is 26.0 Å². The molecule has 1 aromatic rings. The summed E-state index contributed by atoms with van der Waals surface area (Å²) < 4.78 is 5.85. The van der Waals surface area contributed by atoms with Crippen molar-refractivity contribution in [3.8, 4) is 0 Å². The molecular formula is C18H27NO3. The fraction of sp³-hybridized carbons (Fsp3) is 0.611. The molecule has 3 atom stereocenters. The number of aliphatic carboxylic acids is 1. The first kappa shape index (κ1) is 17.0. The van der Waals surface area contributed by atoms with Crippen LogP contribution >= 0.6 is 0 Å². The molecule has 4 nitrogen and oxygen atoms in total. The van der Waals surface area contributed by atoms with Gasteiger partial charge in [0, 0.05) is 6.42 Å². The number of carboxylic acid groups (broad SMARTS) is 1. The van der Waals surface area contributed by atoms with E-state index in [1.165, 1.54) is 5.56 Å². The molecule has 0 radical (unpaired) electrons. The van der Waals surface area contributed by atoms with Gasteiger partial charge in [0.1, 0.15) is 0 Å². The van der Waals surface area contributed by atoms with Crippen molar-refractivity contribution in [2.45, 2.75) is 33.3 Å². The molecule has 0 aliphatic heterocycles. The van der Waals surface area contributed by atoms with Gasteiger partial charge in [0.05, 0.1) is 13.2 Å². The van der Waals surface area contributed by atoms with Crippen LogP contribution in [0.15, 0.2) is 30.3 Å². The van der Waals surface area contributed by atoms with Crippen molar-refractivity contribution in [1.82, 2.24) is 0 Å². The van der Waals surface area contributed by atoms with Crippen LogP contribution in [0.25, 0.3) is 0 Å². The van der Waals surface area contributed by atoms with Crippen LogP contribution in [0.2, 0.25) is 0 Å². The molecule has 1 fully saturated rings. The lowest BCUT2D eigenvalue weighted by atomic mass is 9.51. The Bertz CT molecular complexity index is 486. The summed E-state index contributed by atoms with van der Waals surface area (Å²) in [6, 6.07) is 10.1. The second-order valence-electron chi connectivity index (χ2n) is 6.95. The number of benzene rings is 1. The van der Waals surface area contributed by atoms with E-state index >= 15 is 0 Å². The summed E-state index contributed by atoms with van der Waals surface area (Å²) >= 11 is 0. The van der Waals surface area contributed by atoms with E-state index in [-0.39, 0.29) is 17.8 Å². The first-order valence-corrected chi connectivity index (χ1v) is 7.98. The maximum atomic E-state index is 11.0. The molecule has 0 spiro atoms. The third kappa shape index (κ3) is 3.87. The molecule has 0 bridgehead atoms. The number of nitrogens with two attached hydrogens (primary N) is 1. The van der Waals surface area contributed by atoms with Crippen LogP contribution in [0.1, 0.15) is 32.3 Å². The highest BCUT2D eigenvalue weighted by Gasteiger charge is 2.50. The molecule has 122 valence electrons. The maximum absolute atomic E-state index is 11.0. The Hall–Kier alpha value is -1.39. The maximum Gasteiger partial charge on any atom is 0.303 e. The molecule has 3 N–H and O–H groups in total. The minimum atomic E-state index is -0.755. The molecule has 0 unspecified atom stereocenters. The average molecular weight is 305 g/mol. The summed E-state index contributed by atoms with van der Waals surface area (Å²) in [6.45, 7) is 6.22. The van der Waals surface area contributed by atoms with E-state index in [1.54, 1.807) is 0 Å². The molecule has 1 aromatic carbocycles. The van der Waals surface area contributed by atoms with Gasteiger partial charge in [0.2, 0.25) is 0 Å². The van der Waals surface area contributed by atoms with Gasteiger partial charge in [-0.05, 0) is 41.7 Å². The summed E-state index contributed by atoms with van der Waals surface area (Å²) in [7, 11) is 0. The molecule has 1 aliphatic carbocycles. The number of rotatable bonds is 8. The minimum Gasteiger partial charge on any atom is -0.481 e. The fourth-order valence-corrected chi connectivity index (χ4v) is 3.65. The topological polar surface area (TPSA) is 72.5 Å². The van der Waals surface area contributed by atoms with Gasteiger partial charge >= 0.3 is 5.97 Å². The van der Waals surface area contributed by atoms with Gasteiger partial charge < -0.3 is 15.6 Å². The highest BCUT2D eigenvalue weighted by Crippen LogP contribution is 2.55. The minimum absolute atomic E-state index is 0.0675. The molecule has 1 aliphatic rings. The van der Waals surface area contributed by atoms with Gasteiger partial charge in [-0.15, -0.1) is 0 Å². The summed E-state index contributed by atoms with van der Waals surface area (Å²) in [5, 5.41) is 9.01. The van der Waals surface area contributed by atoms with Crippen LogP contribution in [-0.4, -0.2) is 24.2 Å². The normalized spacial score (nSPS) is 24.5. The SMILES string of the molecule is CC1(C)[C@H](COCc2ccccc2)C[C@@H]1[C@@H](CN)CC(=O)O. The quantitative estimate of drug-likeness (QED) is 0.774. The van der Waals surface area contributed by atoms with Crippen LogP contribution in [0, 0.1) is 23.2 Å². The van der Waals surface area contributed by atoms with E-state index < -0.39 is 5.97 Å². The van der Waals surface area contributed by atoms with Crippen molar-refractivity contribution >= 4 is 5.97 Å². The first-order valence-electron chi connectivity index (χ1n) is 7.98. The summed E-state index contributed by atoms with van der Waals surface area (Å²) in [6.07, 6.45) is 1.18. The lowest BCUT2D eigenvalue weighted by Crippen LogP contribution is -2.52. The number of ether oxygens (including phenoxy) is 1. The number of carboxylic acids is 1. The van der Waals surface area contributed by atoms with Crippen molar-refractivity contribution < 1.29 is 14.6 Å². The van der Waals surface area contributed by atoms with Crippen LogP contribution < -0.4 is 5.73 Å². The van der Waals surface area contributed by atoms with Crippen molar-refractivity contribution in [3.63, 3.8) is 0 Å². The lowest BCUT2D eigenvalue weighted by Gasteiger charge is -2.55. The average Bonchev–Trinajstić information content (AvgIpc) is 2.49. The molecule has 1 saturated carbocycles. The van der Waals surface area contributed by atoms with Crippen molar-refractivity contribution in [2.24, 2.45) is 28.9 Å². The second-order valence-corrected chi connectivity index (χ2v) is 6.95. The van der Waals surface area contributed by atoms with E-state index in [0.717, 1.165) is 13.0 Å². The lowest BCUT2D eigenvalue weighted by molar-refractivity contribution is -0.142. The zero-order valence-corrected chi connectivity index (χ0v) is 13.5. The molecule has 4 heteroatoms. The smallest absolute Gasteiger partial charge is 0.303 e. The van der Waals surface area contributed by atoms with E-state index in [4.69, 9.17) is 15.6 Å². The van der Waals surface area contributed by atoms with Crippen LogP contribution in [0.4, 0.5) is 0 Å². The van der Waals surface area contributed by atoms with Gasteiger partial charge in [-0.3, -0.25) is 4.79 Å². The van der Waals surface area contributed by atoms with Gasteiger partial charge in [0.15, 0.2) is 0 Å². The highest BCUT2D eigenvalue weighted by molar-refractivity contribution is 5.67. The number of hydrogen-bond donors (Lipinski definition) is 2. The highest BCUT2D eigenvalue weighted by atomic mass is 16.5. The number of carbonyl (C=O) groups is 1. The van der Waals surface area contributed by atoms with Gasteiger partial charge in [0.25, 0.3) is 0 Å². The third-order valence-electron chi connectivity index (χ3n) is 5.29. The van der Waals surface area contributed by atoms with E-state index in [9.17, 15) is 4.79 Å². The van der Waals surface area contributed by atoms with Crippen molar-refractivity contribution in [3.05, 3.63) is 35.9 Å². The second kappa shape index (κ2) is 7.25. The monoisotopic (exact) mass is 305 g/mol. The predicted octanol–water partition coefficient (Wildman–Crippen LogP) is 2.92. The number of hydrogen-bond acceptors (Lipinski definition) is 3. The molecule has 2 rings (SSSR count). The Morgan fingerprint density at radius 2 is 2.09 bits per heavy atom. The molecular weight excluding hydrogens is 278 g/mol. The summed E-state index contributed by atoms with van der Waals surface area (Å²) in [5.74, 6) is 0.163. The van der Waals surface area contributed by atoms with E-state index in [1.807, 2.05) is 18.2 Å². The molecule has 0 heterocycles. The van der Waals surface area contributed by atoms with E-state index in [0.29, 0.717) is 25.0 Å². The zero-order valence-electron chi connectivity index (χ0n) is 13.5. The predicted molar refractivity (Wildman–Crippen MR) is 86.3 cm³/mol. The Morgan fingerprint density at radius 1 is 1.41 bits per heavy atom.